The maximum Gasteiger partial charge on any atom is 0.253 e. The number of hydrogen-bond acceptors (Lipinski definition) is 5. The summed E-state index contributed by atoms with van der Waals surface area (Å²) in [7, 11) is 0. The number of rotatable bonds is 5. The van der Waals surface area contributed by atoms with Crippen molar-refractivity contribution < 1.29 is 13.9 Å². The number of carbonyl (C=O) groups excluding carboxylic acids is 1. The summed E-state index contributed by atoms with van der Waals surface area (Å²) in [6, 6.07) is 11.3. The van der Waals surface area contributed by atoms with Crippen LogP contribution in [0.5, 0.6) is 5.75 Å². The highest BCUT2D eigenvalue weighted by atomic mass is 79.9. The van der Waals surface area contributed by atoms with Crippen molar-refractivity contribution in [2.24, 2.45) is 0 Å². The SMILES string of the molecule is CC(=O)c1c(C)n(-c2ccc(Cl)cc2)c2cc(Br)c(OCc3nnco3)cc12. The number of carbonyl (C=O) groups is 1. The van der Waals surface area contributed by atoms with Gasteiger partial charge in [-0.25, -0.2) is 0 Å². The summed E-state index contributed by atoms with van der Waals surface area (Å²) < 4.78 is 13.7. The van der Waals surface area contributed by atoms with E-state index in [4.69, 9.17) is 20.8 Å². The molecule has 8 heteroatoms. The second-order valence-electron chi connectivity index (χ2n) is 6.25. The van der Waals surface area contributed by atoms with Crippen LogP contribution in [-0.2, 0) is 6.61 Å². The van der Waals surface area contributed by atoms with Gasteiger partial charge in [0.1, 0.15) is 5.75 Å². The largest absolute Gasteiger partial charge is 0.483 e. The van der Waals surface area contributed by atoms with Crippen molar-refractivity contribution in [3.05, 3.63) is 69.4 Å². The minimum Gasteiger partial charge on any atom is -0.483 e. The topological polar surface area (TPSA) is 70.2 Å². The summed E-state index contributed by atoms with van der Waals surface area (Å²) in [4.78, 5) is 12.4. The highest BCUT2D eigenvalue weighted by Crippen LogP contribution is 2.37. The summed E-state index contributed by atoms with van der Waals surface area (Å²) in [6.07, 6.45) is 1.25. The Hall–Kier alpha value is -2.64. The molecular formula is C20H15BrClN3O3. The average Bonchev–Trinajstić information content (AvgIpc) is 3.26. The van der Waals surface area contributed by atoms with Crippen molar-refractivity contribution in [3.8, 4) is 11.4 Å². The quantitative estimate of drug-likeness (QED) is 0.367. The molecule has 0 aliphatic carbocycles. The Balaban J connectivity index is 1.87. The number of halogens is 2. The van der Waals surface area contributed by atoms with Crippen molar-refractivity contribution >= 4 is 44.2 Å². The van der Waals surface area contributed by atoms with E-state index in [-0.39, 0.29) is 12.4 Å². The van der Waals surface area contributed by atoms with Crippen LogP contribution in [-0.4, -0.2) is 20.5 Å². The van der Waals surface area contributed by atoms with Crippen LogP contribution < -0.4 is 4.74 Å². The van der Waals surface area contributed by atoms with E-state index in [2.05, 4.69) is 26.1 Å². The third kappa shape index (κ3) is 3.31. The third-order valence-electron chi connectivity index (χ3n) is 4.45. The second-order valence-corrected chi connectivity index (χ2v) is 7.54. The number of ether oxygens (including phenoxy) is 1. The molecule has 2 aromatic heterocycles. The summed E-state index contributed by atoms with van der Waals surface area (Å²) in [5.41, 5.74) is 3.32. The monoisotopic (exact) mass is 459 g/mol. The Kier molecular flexibility index (Phi) is 4.95. The molecule has 0 spiro atoms. The first-order valence-corrected chi connectivity index (χ1v) is 9.62. The van der Waals surface area contributed by atoms with Crippen molar-refractivity contribution in [3.63, 3.8) is 0 Å². The molecule has 0 aliphatic rings. The molecule has 0 aliphatic heterocycles. The first kappa shape index (κ1) is 18.7. The van der Waals surface area contributed by atoms with Gasteiger partial charge in [0.25, 0.3) is 5.89 Å². The number of fused-ring (bicyclic) bond motifs is 1. The molecule has 0 saturated heterocycles. The number of nitrogens with zero attached hydrogens (tertiary/aromatic N) is 3. The van der Waals surface area contributed by atoms with Crippen LogP contribution >= 0.6 is 27.5 Å². The van der Waals surface area contributed by atoms with Crippen LogP contribution in [0.3, 0.4) is 0 Å². The van der Waals surface area contributed by atoms with Crippen LogP contribution in [0.2, 0.25) is 5.02 Å². The van der Waals surface area contributed by atoms with Crippen molar-refractivity contribution in [1.29, 1.82) is 0 Å². The van der Waals surface area contributed by atoms with Gasteiger partial charge in [0.05, 0.1) is 9.99 Å². The van der Waals surface area contributed by atoms with Crippen LogP contribution in [0.25, 0.3) is 16.6 Å². The van der Waals surface area contributed by atoms with Crippen LogP contribution in [0.4, 0.5) is 0 Å². The van der Waals surface area contributed by atoms with Gasteiger partial charge in [-0.2, -0.15) is 0 Å². The Morgan fingerprint density at radius 1 is 1.29 bits per heavy atom. The fourth-order valence-electron chi connectivity index (χ4n) is 3.29. The molecular weight excluding hydrogens is 446 g/mol. The maximum absolute atomic E-state index is 12.4. The number of hydrogen-bond donors (Lipinski definition) is 0. The minimum absolute atomic E-state index is 0.0135. The fourth-order valence-corrected chi connectivity index (χ4v) is 3.86. The van der Waals surface area contributed by atoms with Gasteiger partial charge in [0, 0.05) is 27.4 Å². The van der Waals surface area contributed by atoms with Gasteiger partial charge in [-0.3, -0.25) is 4.79 Å². The molecule has 0 atom stereocenters. The standard InChI is InChI=1S/C20H15BrClN3O3/c1-11-20(12(2)26)15-7-18(27-9-19-24-23-10-28-19)16(21)8-17(15)25(11)14-5-3-13(22)4-6-14/h3-8,10H,9H2,1-2H3. The first-order chi connectivity index (χ1) is 13.5. The lowest BCUT2D eigenvalue weighted by Crippen LogP contribution is -1.99. The van der Waals surface area contributed by atoms with Crippen LogP contribution in [0, 0.1) is 6.92 Å². The van der Waals surface area contributed by atoms with E-state index in [1.165, 1.54) is 6.39 Å². The molecule has 28 heavy (non-hydrogen) atoms. The zero-order valence-electron chi connectivity index (χ0n) is 15.1. The Morgan fingerprint density at radius 2 is 2.04 bits per heavy atom. The van der Waals surface area contributed by atoms with Gasteiger partial charge in [0.2, 0.25) is 6.39 Å². The van der Waals surface area contributed by atoms with Gasteiger partial charge in [-0.05, 0) is 66.2 Å². The van der Waals surface area contributed by atoms with Gasteiger partial charge in [-0.1, -0.05) is 11.6 Å². The molecule has 0 fully saturated rings. The van der Waals surface area contributed by atoms with E-state index in [0.717, 1.165) is 26.8 Å². The van der Waals surface area contributed by atoms with Crippen molar-refractivity contribution in [2.75, 3.05) is 0 Å². The summed E-state index contributed by atoms with van der Waals surface area (Å²) in [5.74, 6) is 0.940. The number of Topliss-reactive ketones (excluding diaryl/α,β-unsaturated/α-hetero) is 1. The van der Waals surface area contributed by atoms with Crippen molar-refractivity contribution in [2.45, 2.75) is 20.5 Å². The lowest BCUT2D eigenvalue weighted by Gasteiger charge is -2.10. The maximum atomic E-state index is 12.4. The predicted molar refractivity (Wildman–Crippen MR) is 109 cm³/mol. The molecule has 2 heterocycles. The summed E-state index contributed by atoms with van der Waals surface area (Å²) in [5, 5.41) is 8.91. The molecule has 0 N–H and O–H groups in total. The van der Waals surface area contributed by atoms with Gasteiger partial charge >= 0.3 is 0 Å². The second kappa shape index (κ2) is 7.41. The van der Waals surface area contributed by atoms with E-state index in [1.54, 1.807) is 6.92 Å². The zero-order valence-corrected chi connectivity index (χ0v) is 17.4. The Bertz CT molecular complexity index is 1170. The number of aromatic nitrogens is 3. The van der Waals surface area contributed by atoms with E-state index in [0.29, 0.717) is 22.2 Å². The van der Waals surface area contributed by atoms with Crippen LogP contribution in [0.1, 0.15) is 28.9 Å². The predicted octanol–water partition coefficient (Wildman–Crippen LogP) is 5.52. The van der Waals surface area contributed by atoms with Gasteiger partial charge in [-0.15, -0.1) is 10.2 Å². The third-order valence-corrected chi connectivity index (χ3v) is 5.32. The normalized spacial score (nSPS) is 11.1. The molecule has 6 nitrogen and oxygen atoms in total. The summed E-state index contributed by atoms with van der Waals surface area (Å²) >= 11 is 9.59. The molecule has 4 rings (SSSR count). The molecule has 2 aromatic carbocycles. The molecule has 0 amide bonds. The van der Waals surface area contributed by atoms with Gasteiger partial charge in [0.15, 0.2) is 12.4 Å². The van der Waals surface area contributed by atoms with E-state index in [1.807, 2.05) is 47.9 Å². The van der Waals surface area contributed by atoms with Gasteiger partial charge < -0.3 is 13.7 Å². The summed E-state index contributed by atoms with van der Waals surface area (Å²) in [6.45, 7) is 3.63. The highest BCUT2D eigenvalue weighted by molar-refractivity contribution is 9.10. The zero-order chi connectivity index (χ0) is 19.8. The van der Waals surface area contributed by atoms with E-state index < -0.39 is 0 Å². The van der Waals surface area contributed by atoms with Crippen LogP contribution in [0.15, 0.2) is 51.7 Å². The van der Waals surface area contributed by atoms with E-state index >= 15 is 0 Å². The Labute approximate surface area is 174 Å². The van der Waals surface area contributed by atoms with E-state index in [9.17, 15) is 4.79 Å². The fraction of sp³-hybridized carbons (Fsp3) is 0.150. The molecule has 0 radical (unpaired) electrons. The molecule has 142 valence electrons. The number of benzene rings is 2. The first-order valence-electron chi connectivity index (χ1n) is 8.45. The number of ketones is 1. The molecule has 0 unspecified atom stereocenters. The highest BCUT2D eigenvalue weighted by Gasteiger charge is 2.20. The molecule has 4 aromatic rings. The minimum atomic E-state index is -0.0135. The Morgan fingerprint density at radius 3 is 2.68 bits per heavy atom. The average molecular weight is 461 g/mol. The molecule has 0 saturated carbocycles. The molecule has 0 bridgehead atoms. The van der Waals surface area contributed by atoms with Crippen molar-refractivity contribution in [1.82, 2.24) is 14.8 Å². The smallest absolute Gasteiger partial charge is 0.253 e. The lowest BCUT2D eigenvalue weighted by molar-refractivity contribution is 0.101. The lowest BCUT2D eigenvalue weighted by atomic mass is 10.1.